The number of carbonyl (C=O) groups is 1. The van der Waals surface area contributed by atoms with Crippen LogP contribution in [0, 0.1) is 0 Å². The number of benzene rings is 2. The van der Waals surface area contributed by atoms with Gasteiger partial charge in [0, 0.05) is 10.4 Å². The standard InChI is InChI=1S/C17H14ClNO2/c1-11(20)16-14-4-2-3-5-15(14)19(17(16)21)10-12-6-8-13(18)9-7-12/h2-9,21H,10H2,1H3. The van der Waals surface area contributed by atoms with E-state index in [-0.39, 0.29) is 11.7 Å². The highest BCUT2D eigenvalue weighted by Crippen LogP contribution is 2.32. The summed E-state index contributed by atoms with van der Waals surface area (Å²) in [4.78, 5) is 11.8. The number of para-hydroxylation sites is 1. The highest BCUT2D eigenvalue weighted by molar-refractivity contribution is 6.30. The van der Waals surface area contributed by atoms with Crippen molar-refractivity contribution < 1.29 is 9.90 Å². The van der Waals surface area contributed by atoms with Crippen LogP contribution in [0.4, 0.5) is 0 Å². The number of aromatic hydroxyl groups is 1. The van der Waals surface area contributed by atoms with Crippen molar-refractivity contribution in [3.63, 3.8) is 0 Å². The first-order valence-corrected chi connectivity index (χ1v) is 7.01. The summed E-state index contributed by atoms with van der Waals surface area (Å²) in [5, 5.41) is 11.9. The zero-order valence-corrected chi connectivity index (χ0v) is 12.3. The number of fused-ring (bicyclic) bond motifs is 1. The monoisotopic (exact) mass is 299 g/mol. The Morgan fingerprint density at radius 2 is 1.81 bits per heavy atom. The van der Waals surface area contributed by atoms with Crippen LogP contribution in [-0.2, 0) is 6.54 Å². The number of ketones is 1. The van der Waals surface area contributed by atoms with E-state index in [0.717, 1.165) is 16.5 Å². The second-order valence-electron chi connectivity index (χ2n) is 4.98. The Bertz CT molecular complexity index is 819. The molecular formula is C17H14ClNO2. The Hall–Kier alpha value is -2.26. The summed E-state index contributed by atoms with van der Waals surface area (Å²) in [6.45, 7) is 1.95. The molecule has 0 unspecified atom stereocenters. The van der Waals surface area contributed by atoms with E-state index < -0.39 is 0 Å². The van der Waals surface area contributed by atoms with Crippen molar-refractivity contribution >= 4 is 28.3 Å². The van der Waals surface area contributed by atoms with Crippen molar-refractivity contribution in [1.29, 1.82) is 0 Å². The van der Waals surface area contributed by atoms with Crippen LogP contribution in [-0.4, -0.2) is 15.5 Å². The number of Topliss-reactive ketones (excluding diaryl/α,β-unsaturated/α-hetero) is 1. The molecule has 106 valence electrons. The number of carbonyl (C=O) groups excluding carboxylic acids is 1. The van der Waals surface area contributed by atoms with Gasteiger partial charge in [0.1, 0.15) is 0 Å². The lowest BCUT2D eigenvalue weighted by Crippen LogP contribution is -1.99. The van der Waals surface area contributed by atoms with Crippen LogP contribution in [0.1, 0.15) is 22.8 Å². The highest BCUT2D eigenvalue weighted by Gasteiger charge is 2.19. The molecule has 1 aromatic heterocycles. The molecule has 0 aliphatic carbocycles. The normalized spacial score (nSPS) is 11.0. The molecule has 0 aliphatic heterocycles. The summed E-state index contributed by atoms with van der Waals surface area (Å²) < 4.78 is 1.75. The number of nitrogens with zero attached hydrogens (tertiary/aromatic N) is 1. The summed E-state index contributed by atoms with van der Waals surface area (Å²) in [6, 6.07) is 14.9. The predicted octanol–water partition coefficient (Wildman–Crippen LogP) is 4.25. The van der Waals surface area contributed by atoms with Crippen LogP contribution < -0.4 is 0 Å². The molecule has 0 saturated carbocycles. The molecule has 3 nitrogen and oxygen atoms in total. The van der Waals surface area contributed by atoms with Crippen LogP contribution in [0.3, 0.4) is 0 Å². The molecule has 1 N–H and O–H groups in total. The zero-order valence-electron chi connectivity index (χ0n) is 11.5. The molecule has 0 fully saturated rings. The maximum Gasteiger partial charge on any atom is 0.203 e. The SMILES string of the molecule is CC(=O)c1c(O)n(Cc2ccc(Cl)cc2)c2ccccc12. The van der Waals surface area contributed by atoms with Crippen molar-refractivity contribution in [3.05, 3.63) is 64.7 Å². The van der Waals surface area contributed by atoms with E-state index in [2.05, 4.69) is 0 Å². The van der Waals surface area contributed by atoms with Crippen molar-refractivity contribution in [2.24, 2.45) is 0 Å². The van der Waals surface area contributed by atoms with Gasteiger partial charge in [0.2, 0.25) is 5.88 Å². The van der Waals surface area contributed by atoms with Crippen LogP contribution in [0.15, 0.2) is 48.5 Å². The summed E-state index contributed by atoms with van der Waals surface area (Å²) in [5.41, 5.74) is 2.22. The van der Waals surface area contributed by atoms with E-state index >= 15 is 0 Å². The van der Waals surface area contributed by atoms with E-state index in [1.807, 2.05) is 48.5 Å². The molecule has 3 rings (SSSR count). The van der Waals surface area contributed by atoms with Gasteiger partial charge < -0.3 is 9.67 Å². The largest absolute Gasteiger partial charge is 0.494 e. The second-order valence-corrected chi connectivity index (χ2v) is 5.42. The smallest absolute Gasteiger partial charge is 0.203 e. The van der Waals surface area contributed by atoms with Gasteiger partial charge in [-0.3, -0.25) is 4.79 Å². The number of rotatable bonds is 3. The van der Waals surface area contributed by atoms with Crippen LogP contribution >= 0.6 is 11.6 Å². The fourth-order valence-corrected chi connectivity index (χ4v) is 2.70. The van der Waals surface area contributed by atoms with Gasteiger partial charge in [0.05, 0.1) is 17.6 Å². The van der Waals surface area contributed by atoms with Gasteiger partial charge >= 0.3 is 0 Å². The second kappa shape index (κ2) is 5.26. The first-order chi connectivity index (χ1) is 10.1. The molecule has 0 saturated heterocycles. The van der Waals surface area contributed by atoms with E-state index in [4.69, 9.17) is 11.6 Å². The van der Waals surface area contributed by atoms with Crippen molar-refractivity contribution in [1.82, 2.24) is 4.57 Å². The zero-order chi connectivity index (χ0) is 15.0. The van der Waals surface area contributed by atoms with Crippen molar-refractivity contribution in [2.75, 3.05) is 0 Å². The lowest BCUT2D eigenvalue weighted by atomic mass is 10.1. The first-order valence-electron chi connectivity index (χ1n) is 6.63. The van der Waals surface area contributed by atoms with Crippen LogP contribution in [0.25, 0.3) is 10.9 Å². The van der Waals surface area contributed by atoms with Crippen molar-refractivity contribution in [3.8, 4) is 5.88 Å². The lowest BCUT2D eigenvalue weighted by Gasteiger charge is -2.07. The number of halogens is 1. The average Bonchev–Trinajstić information content (AvgIpc) is 2.74. The summed E-state index contributed by atoms with van der Waals surface area (Å²) >= 11 is 5.89. The molecule has 0 spiro atoms. The fraction of sp³-hybridized carbons (Fsp3) is 0.118. The quantitative estimate of drug-likeness (QED) is 0.735. The molecule has 21 heavy (non-hydrogen) atoms. The third kappa shape index (κ3) is 2.41. The molecule has 0 bridgehead atoms. The van der Waals surface area contributed by atoms with Gasteiger partial charge in [-0.05, 0) is 30.7 Å². The summed E-state index contributed by atoms with van der Waals surface area (Å²) in [6.07, 6.45) is 0. The molecule has 3 aromatic rings. The van der Waals surface area contributed by atoms with E-state index in [1.165, 1.54) is 6.92 Å². The number of hydrogen-bond acceptors (Lipinski definition) is 2. The van der Waals surface area contributed by atoms with Crippen LogP contribution in [0.2, 0.25) is 5.02 Å². The molecule has 0 atom stereocenters. The minimum absolute atomic E-state index is 0.0126. The number of hydrogen-bond donors (Lipinski definition) is 1. The average molecular weight is 300 g/mol. The molecule has 0 aliphatic rings. The number of aromatic nitrogens is 1. The van der Waals surface area contributed by atoms with E-state index in [9.17, 15) is 9.90 Å². The highest BCUT2D eigenvalue weighted by atomic mass is 35.5. The molecule has 1 heterocycles. The minimum Gasteiger partial charge on any atom is -0.494 e. The molecule has 0 amide bonds. The van der Waals surface area contributed by atoms with Crippen LogP contribution in [0.5, 0.6) is 5.88 Å². The Morgan fingerprint density at radius 1 is 1.14 bits per heavy atom. The Morgan fingerprint density at radius 3 is 2.48 bits per heavy atom. The first kappa shape index (κ1) is 13.7. The lowest BCUT2D eigenvalue weighted by molar-refractivity contribution is 0.101. The minimum atomic E-state index is -0.140. The van der Waals surface area contributed by atoms with Gasteiger partial charge in [0.25, 0.3) is 0 Å². The molecule has 0 radical (unpaired) electrons. The third-order valence-electron chi connectivity index (χ3n) is 3.55. The van der Waals surface area contributed by atoms with Gasteiger partial charge in [0.15, 0.2) is 5.78 Å². The Balaban J connectivity index is 2.16. The maximum atomic E-state index is 11.8. The van der Waals surface area contributed by atoms with Gasteiger partial charge in [-0.1, -0.05) is 41.9 Å². The molecule has 2 aromatic carbocycles. The third-order valence-corrected chi connectivity index (χ3v) is 3.80. The Kier molecular flexibility index (Phi) is 3.43. The van der Waals surface area contributed by atoms with Gasteiger partial charge in [-0.25, -0.2) is 0 Å². The van der Waals surface area contributed by atoms with E-state index in [0.29, 0.717) is 17.1 Å². The Labute approximate surface area is 127 Å². The topological polar surface area (TPSA) is 42.2 Å². The maximum absolute atomic E-state index is 11.8. The van der Waals surface area contributed by atoms with E-state index in [1.54, 1.807) is 4.57 Å². The summed E-state index contributed by atoms with van der Waals surface area (Å²) in [7, 11) is 0. The fourth-order valence-electron chi connectivity index (χ4n) is 2.57. The molecule has 4 heteroatoms. The van der Waals surface area contributed by atoms with Crippen molar-refractivity contribution in [2.45, 2.75) is 13.5 Å². The van der Waals surface area contributed by atoms with Gasteiger partial charge in [-0.2, -0.15) is 0 Å². The van der Waals surface area contributed by atoms with Gasteiger partial charge in [-0.15, -0.1) is 0 Å². The summed E-state index contributed by atoms with van der Waals surface area (Å²) in [5.74, 6) is -0.128. The predicted molar refractivity (Wildman–Crippen MR) is 84.2 cm³/mol. The molecular weight excluding hydrogens is 286 g/mol.